The summed E-state index contributed by atoms with van der Waals surface area (Å²) in [5.41, 5.74) is -3.64. The van der Waals surface area contributed by atoms with E-state index in [-0.39, 0.29) is 47.2 Å². The molecule has 212 valence electrons. The lowest BCUT2D eigenvalue weighted by Crippen LogP contribution is -2.29. The number of benzene rings is 2. The van der Waals surface area contributed by atoms with Crippen LogP contribution in [0.15, 0.2) is 48.7 Å². The number of pyridine rings is 1. The van der Waals surface area contributed by atoms with Crippen molar-refractivity contribution in [3.8, 4) is 11.1 Å². The number of aromatic nitrogens is 1. The number of amides is 1. The molecular formula is C29H25F7N2O2. The van der Waals surface area contributed by atoms with Crippen LogP contribution in [0.4, 0.5) is 36.4 Å². The third-order valence-electron chi connectivity index (χ3n) is 6.95. The molecule has 0 unspecified atom stereocenters. The fourth-order valence-corrected chi connectivity index (χ4v) is 4.62. The normalized spacial score (nSPS) is 14.3. The van der Waals surface area contributed by atoms with Gasteiger partial charge >= 0.3 is 6.18 Å². The Balaban J connectivity index is 1.67. The third kappa shape index (κ3) is 6.03. The van der Waals surface area contributed by atoms with Gasteiger partial charge in [-0.15, -0.1) is 0 Å². The summed E-state index contributed by atoms with van der Waals surface area (Å²) in [5.74, 6) is -3.30. The Morgan fingerprint density at radius 3 is 2.27 bits per heavy atom. The van der Waals surface area contributed by atoms with Crippen LogP contribution in [0, 0.1) is 11.6 Å². The van der Waals surface area contributed by atoms with E-state index in [1.165, 1.54) is 12.1 Å². The molecule has 1 fully saturated rings. The van der Waals surface area contributed by atoms with Gasteiger partial charge < -0.3 is 5.32 Å². The molecule has 1 aromatic heterocycles. The monoisotopic (exact) mass is 566 g/mol. The Kier molecular flexibility index (Phi) is 8.32. The van der Waals surface area contributed by atoms with Crippen molar-refractivity contribution in [1.82, 2.24) is 4.98 Å². The number of nitrogens with one attached hydrogen (secondary N) is 1. The van der Waals surface area contributed by atoms with Crippen LogP contribution in [0.1, 0.15) is 79.1 Å². The van der Waals surface area contributed by atoms with Crippen LogP contribution in [-0.4, -0.2) is 16.7 Å². The summed E-state index contributed by atoms with van der Waals surface area (Å²) in [6.45, 7) is 1.94. The zero-order valence-electron chi connectivity index (χ0n) is 21.3. The highest BCUT2D eigenvalue weighted by Gasteiger charge is 2.53. The molecule has 40 heavy (non-hydrogen) atoms. The molecule has 0 bridgehead atoms. The number of ketones is 1. The van der Waals surface area contributed by atoms with E-state index in [2.05, 4.69) is 10.3 Å². The first-order chi connectivity index (χ1) is 18.9. The van der Waals surface area contributed by atoms with Crippen molar-refractivity contribution in [3.63, 3.8) is 0 Å². The summed E-state index contributed by atoms with van der Waals surface area (Å²) in [6, 6.07) is 6.39. The van der Waals surface area contributed by atoms with E-state index in [0.717, 1.165) is 37.2 Å². The fourth-order valence-electron chi connectivity index (χ4n) is 4.62. The fraction of sp³-hybridized carbons (Fsp3) is 0.345. The maximum atomic E-state index is 15.5. The van der Waals surface area contributed by atoms with Crippen molar-refractivity contribution in [2.75, 3.05) is 5.32 Å². The molecule has 0 radical (unpaired) electrons. The van der Waals surface area contributed by atoms with E-state index in [0.29, 0.717) is 18.6 Å². The maximum Gasteiger partial charge on any atom is 0.416 e. The lowest BCUT2D eigenvalue weighted by Gasteiger charge is -2.19. The number of hydrogen-bond acceptors (Lipinski definition) is 3. The highest BCUT2D eigenvalue weighted by molar-refractivity contribution is 6.06. The summed E-state index contributed by atoms with van der Waals surface area (Å²) in [6.07, 6.45) is -4.08. The van der Waals surface area contributed by atoms with E-state index >= 15 is 4.39 Å². The van der Waals surface area contributed by atoms with Gasteiger partial charge in [-0.3, -0.25) is 14.6 Å². The van der Waals surface area contributed by atoms with E-state index in [1.807, 2.05) is 6.92 Å². The van der Waals surface area contributed by atoms with Crippen molar-refractivity contribution in [2.45, 2.75) is 63.5 Å². The number of carbonyl (C=O) groups excluding carboxylic acids is 2. The molecule has 1 N–H and O–H groups in total. The number of Topliss-reactive ketones (excluding diaryl/α,β-unsaturated/α-hetero) is 1. The molecule has 11 heteroatoms. The minimum Gasteiger partial charge on any atom is -0.325 e. The molecule has 0 aliphatic heterocycles. The second kappa shape index (κ2) is 11.4. The number of rotatable bonds is 10. The molecule has 2 aromatic carbocycles. The van der Waals surface area contributed by atoms with Crippen LogP contribution in [0.5, 0.6) is 0 Å². The number of halogens is 7. The summed E-state index contributed by atoms with van der Waals surface area (Å²) in [4.78, 5) is 30.0. The van der Waals surface area contributed by atoms with Crippen molar-refractivity contribution < 1.29 is 40.3 Å². The van der Waals surface area contributed by atoms with Crippen molar-refractivity contribution >= 4 is 17.4 Å². The van der Waals surface area contributed by atoms with Crippen LogP contribution < -0.4 is 5.32 Å². The predicted octanol–water partition coefficient (Wildman–Crippen LogP) is 8.42. The molecule has 0 atom stereocenters. The first-order valence-corrected chi connectivity index (χ1v) is 12.7. The van der Waals surface area contributed by atoms with Gasteiger partial charge in [-0.25, -0.2) is 17.6 Å². The summed E-state index contributed by atoms with van der Waals surface area (Å²) in [5, 5.41) is 2.49. The van der Waals surface area contributed by atoms with Gasteiger partial charge in [0, 0.05) is 40.6 Å². The number of nitrogens with zero attached hydrogens (tertiary/aromatic N) is 1. The molecule has 0 saturated heterocycles. The second-order valence-electron chi connectivity index (χ2n) is 9.76. The molecule has 4 nitrogen and oxygen atoms in total. The minimum atomic E-state index is -4.76. The summed E-state index contributed by atoms with van der Waals surface area (Å²) < 4.78 is 94.9. The van der Waals surface area contributed by atoms with Gasteiger partial charge in [-0.1, -0.05) is 31.9 Å². The number of anilines is 1. The first-order valence-electron chi connectivity index (χ1n) is 12.7. The van der Waals surface area contributed by atoms with E-state index in [9.17, 15) is 35.9 Å². The van der Waals surface area contributed by atoms with Gasteiger partial charge in [0.05, 0.1) is 11.0 Å². The lowest BCUT2D eigenvalue weighted by molar-refractivity contribution is -0.137. The predicted molar refractivity (Wildman–Crippen MR) is 134 cm³/mol. The van der Waals surface area contributed by atoms with Gasteiger partial charge in [-0.05, 0) is 49.6 Å². The molecule has 1 aliphatic rings. The largest absolute Gasteiger partial charge is 0.416 e. The Morgan fingerprint density at radius 1 is 1.00 bits per heavy atom. The molecule has 0 spiro atoms. The van der Waals surface area contributed by atoms with Gasteiger partial charge in [0.1, 0.15) is 17.3 Å². The van der Waals surface area contributed by atoms with Gasteiger partial charge in [-0.2, -0.15) is 13.2 Å². The molecule has 1 saturated carbocycles. The molecule has 4 rings (SSSR count). The SMILES string of the molecule is CCCCCC(=O)c1cc(NC(=O)C2(c3ccc(C(F)(F)F)cc3F)CC2)cc(F)c1-c1ccc(C(F)F)nc1. The third-order valence-corrected chi connectivity index (χ3v) is 6.95. The van der Waals surface area contributed by atoms with Crippen LogP contribution in [-0.2, 0) is 16.4 Å². The van der Waals surface area contributed by atoms with Crippen molar-refractivity contribution in [2.24, 2.45) is 0 Å². The smallest absolute Gasteiger partial charge is 0.325 e. The van der Waals surface area contributed by atoms with Gasteiger partial charge in [0.15, 0.2) is 5.78 Å². The Morgan fingerprint density at radius 2 is 1.73 bits per heavy atom. The highest BCUT2D eigenvalue weighted by Crippen LogP contribution is 2.50. The average Bonchev–Trinajstić information content (AvgIpc) is 3.70. The number of carbonyl (C=O) groups is 2. The van der Waals surface area contributed by atoms with Gasteiger partial charge in [0.2, 0.25) is 5.91 Å². The first kappa shape index (κ1) is 29.2. The van der Waals surface area contributed by atoms with Crippen LogP contribution >= 0.6 is 0 Å². The molecule has 3 aromatic rings. The van der Waals surface area contributed by atoms with E-state index in [1.54, 1.807) is 0 Å². The highest BCUT2D eigenvalue weighted by atomic mass is 19.4. The molecular weight excluding hydrogens is 541 g/mol. The summed E-state index contributed by atoms with van der Waals surface area (Å²) in [7, 11) is 0. The Hall–Kier alpha value is -3.76. The standard InChI is InChI=1S/C29H25F7N2O2/c1-2-3-4-5-24(39)19-13-18(14-22(31)25(19)16-6-9-23(26(32)33)37-15-16)38-27(40)28(10-11-28)20-8-7-17(12-21(20)30)29(34,35)36/h6-9,12-15,26H,2-5,10-11H2,1H3,(H,38,40). The van der Waals surface area contributed by atoms with Crippen molar-refractivity contribution in [3.05, 3.63) is 82.7 Å². The summed E-state index contributed by atoms with van der Waals surface area (Å²) >= 11 is 0. The molecule has 1 amide bonds. The zero-order valence-corrected chi connectivity index (χ0v) is 21.3. The number of alkyl halides is 5. The van der Waals surface area contributed by atoms with E-state index in [4.69, 9.17) is 0 Å². The Bertz CT molecular complexity index is 1420. The van der Waals surface area contributed by atoms with Crippen LogP contribution in [0.25, 0.3) is 11.1 Å². The average molecular weight is 567 g/mol. The Labute approximate surface area is 225 Å². The van der Waals surface area contributed by atoms with E-state index < -0.39 is 52.6 Å². The molecule has 1 aliphatic carbocycles. The minimum absolute atomic E-state index is 0.0704. The van der Waals surface area contributed by atoms with Crippen LogP contribution in [0.2, 0.25) is 0 Å². The topological polar surface area (TPSA) is 59.1 Å². The second-order valence-corrected chi connectivity index (χ2v) is 9.76. The maximum absolute atomic E-state index is 15.5. The van der Waals surface area contributed by atoms with Gasteiger partial charge in [0.25, 0.3) is 6.43 Å². The number of hydrogen-bond donors (Lipinski definition) is 1. The zero-order chi connectivity index (χ0) is 29.2. The van der Waals surface area contributed by atoms with Crippen LogP contribution in [0.3, 0.4) is 0 Å². The molecule has 1 heterocycles. The lowest BCUT2D eigenvalue weighted by atomic mass is 9.92. The quantitative estimate of drug-likeness (QED) is 0.152. The number of unbranched alkanes of at least 4 members (excludes halogenated alkanes) is 2. The van der Waals surface area contributed by atoms with Crippen molar-refractivity contribution in [1.29, 1.82) is 0 Å².